The molecule has 0 fully saturated rings. The number of rotatable bonds is 3. The molecule has 0 saturated heterocycles. The normalized spacial score (nSPS) is 9.94. The zero-order valence-electron chi connectivity index (χ0n) is 8.99. The van der Waals surface area contributed by atoms with Crippen LogP contribution >= 0.6 is 46.4 Å². The van der Waals surface area contributed by atoms with Gasteiger partial charge in [0.1, 0.15) is 0 Å². The lowest BCUT2D eigenvalue weighted by atomic mass is 10.2. The van der Waals surface area contributed by atoms with Crippen LogP contribution in [0.4, 0.5) is 0 Å². The SMILES string of the molecule is NCCCCC#Cc1c(Cl)c(Cl)cc(Cl)c1Cl. The third kappa shape index (κ3) is 4.25. The predicted octanol–water partition coefficient (Wildman–Crippen LogP) is 4.78. The summed E-state index contributed by atoms with van der Waals surface area (Å²) in [4.78, 5) is 0. The summed E-state index contributed by atoms with van der Waals surface area (Å²) in [5.41, 5.74) is 5.87. The molecule has 0 unspecified atom stereocenters. The van der Waals surface area contributed by atoms with E-state index in [1.807, 2.05) is 0 Å². The van der Waals surface area contributed by atoms with E-state index in [9.17, 15) is 0 Å². The molecule has 5 heteroatoms. The van der Waals surface area contributed by atoms with Gasteiger partial charge in [-0.05, 0) is 25.5 Å². The smallest absolute Gasteiger partial charge is 0.0764 e. The first-order valence-corrected chi connectivity index (χ1v) is 6.61. The van der Waals surface area contributed by atoms with Crippen molar-refractivity contribution in [2.75, 3.05) is 6.54 Å². The Morgan fingerprint density at radius 3 is 2.12 bits per heavy atom. The van der Waals surface area contributed by atoms with E-state index >= 15 is 0 Å². The quantitative estimate of drug-likeness (QED) is 0.485. The average molecular weight is 311 g/mol. The van der Waals surface area contributed by atoms with E-state index in [4.69, 9.17) is 52.1 Å². The van der Waals surface area contributed by atoms with Crippen LogP contribution in [0, 0.1) is 11.8 Å². The molecule has 2 N–H and O–H groups in total. The topological polar surface area (TPSA) is 26.0 Å². The van der Waals surface area contributed by atoms with Crippen molar-refractivity contribution >= 4 is 46.4 Å². The fourth-order valence-corrected chi connectivity index (χ4v) is 2.10. The van der Waals surface area contributed by atoms with Gasteiger partial charge in [0.05, 0.1) is 25.7 Å². The summed E-state index contributed by atoms with van der Waals surface area (Å²) in [6.07, 6.45) is 2.65. The molecule has 1 rings (SSSR count). The van der Waals surface area contributed by atoms with Crippen molar-refractivity contribution in [1.29, 1.82) is 0 Å². The van der Waals surface area contributed by atoms with Gasteiger partial charge < -0.3 is 5.73 Å². The van der Waals surface area contributed by atoms with Crippen molar-refractivity contribution in [2.24, 2.45) is 5.73 Å². The van der Waals surface area contributed by atoms with Crippen molar-refractivity contribution in [2.45, 2.75) is 19.3 Å². The highest BCUT2D eigenvalue weighted by molar-refractivity contribution is 6.48. The van der Waals surface area contributed by atoms with Crippen molar-refractivity contribution in [3.63, 3.8) is 0 Å². The minimum Gasteiger partial charge on any atom is -0.330 e. The van der Waals surface area contributed by atoms with Crippen LogP contribution in [0.2, 0.25) is 20.1 Å². The van der Waals surface area contributed by atoms with Gasteiger partial charge in [0.15, 0.2) is 0 Å². The molecular weight excluding hydrogens is 300 g/mol. The first kappa shape index (κ1) is 15.0. The van der Waals surface area contributed by atoms with Crippen LogP contribution in [0.5, 0.6) is 0 Å². The largest absolute Gasteiger partial charge is 0.330 e. The lowest BCUT2D eigenvalue weighted by molar-refractivity contribution is 0.768. The zero-order valence-corrected chi connectivity index (χ0v) is 12.0. The second kappa shape index (κ2) is 7.36. The molecule has 0 atom stereocenters. The highest BCUT2D eigenvalue weighted by Crippen LogP contribution is 2.36. The summed E-state index contributed by atoms with van der Waals surface area (Å²) in [5, 5.41) is 1.39. The van der Waals surface area contributed by atoms with Gasteiger partial charge in [-0.25, -0.2) is 0 Å². The van der Waals surface area contributed by atoms with E-state index in [0.29, 0.717) is 32.2 Å². The highest BCUT2D eigenvalue weighted by Gasteiger charge is 2.11. The van der Waals surface area contributed by atoms with Crippen molar-refractivity contribution in [1.82, 2.24) is 0 Å². The molecule has 17 heavy (non-hydrogen) atoms. The maximum Gasteiger partial charge on any atom is 0.0764 e. The van der Waals surface area contributed by atoms with E-state index in [0.717, 1.165) is 19.3 Å². The Labute approximate surface area is 121 Å². The second-order valence-electron chi connectivity index (χ2n) is 3.39. The third-order valence-corrected chi connectivity index (χ3v) is 3.66. The van der Waals surface area contributed by atoms with Crippen LogP contribution in [0.1, 0.15) is 24.8 Å². The number of halogens is 4. The first-order valence-electron chi connectivity index (χ1n) is 5.10. The second-order valence-corrected chi connectivity index (χ2v) is 4.96. The number of hydrogen-bond donors (Lipinski definition) is 1. The fourth-order valence-electron chi connectivity index (χ4n) is 1.19. The zero-order chi connectivity index (χ0) is 12.8. The van der Waals surface area contributed by atoms with Crippen LogP contribution in [0.25, 0.3) is 0 Å². The maximum absolute atomic E-state index is 6.01. The van der Waals surface area contributed by atoms with Crippen LogP contribution in [0.15, 0.2) is 6.07 Å². The summed E-state index contributed by atoms with van der Waals surface area (Å²) in [7, 11) is 0. The summed E-state index contributed by atoms with van der Waals surface area (Å²) in [5.74, 6) is 5.88. The Balaban J connectivity index is 2.90. The monoisotopic (exact) mass is 309 g/mol. The molecule has 0 aromatic heterocycles. The van der Waals surface area contributed by atoms with Gasteiger partial charge in [-0.15, -0.1) is 0 Å². The minimum absolute atomic E-state index is 0.340. The van der Waals surface area contributed by atoms with Gasteiger partial charge in [-0.2, -0.15) is 0 Å². The molecule has 1 aromatic carbocycles. The summed E-state index contributed by atoms with van der Waals surface area (Å²) in [6.45, 7) is 0.673. The maximum atomic E-state index is 6.01. The summed E-state index contributed by atoms with van der Waals surface area (Å²) in [6, 6.07) is 1.51. The van der Waals surface area contributed by atoms with Gasteiger partial charge in [0.2, 0.25) is 0 Å². The number of hydrogen-bond acceptors (Lipinski definition) is 1. The lowest BCUT2D eigenvalue weighted by Gasteiger charge is -2.04. The molecule has 0 heterocycles. The van der Waals surface area contributed by atoms with E-state index in [1.54, 1.807) is 0 Å². The molecule has 0 saturated carbocycles. The Kier molecular flexibility index (Phi) is 6.48. The van der Waals surface area contributed by atoms with E-state index in [1.165, 1.54) is 6.07 Å². The molecule has 0 bridgehead atoms. The van der Waals surface area contributed by atoms with Gasteiger partial charge in [-0.1, -0.05) is 58.2 Å². The van der Waals surface area contributed by atoms with Gasteiger partial charge >= 0.3 is 0 Å². The highest BCUT2D eigenvalue weighted by atomic mass is 35.5. The molecule has 0 aliphatic carbocycles. The standard InChI is InChI=1S/C12H11Cl4N/c13-9-7-10(14)12(16)8(11(9)15)5-3-1-2-4-6-17/h7H,1-2,4,6,17H2. The predicted molar refractivity (Wildman–Crippen MR) is 76.3 cm³/mol. The fraction of sp³-hybridized carbons (Fsp3) is 0.333. The third-order valence-electron chi connectivity index (χ3n) is 2.08. The molecule has 1 nitrogen and oxygen atoms in total. The molecule has 0 aliphatic rings. The number of benzene rings is 1. The Bertz CT molecular complexity index is 434. The molecule has 92 valence electrons. The van der Waals surface area contributed by atoms with E-state index in [2.05, 4.69) is 11.8 Å². The van der Waals surface area contributed by atoms with Gasteiger partial charge in [-0.3, -0.25) is 0 Å². The van der Waals surface area contributed by atoms with Crippen LogP contribution in [-0.2, 0) is 0 Å². The van der Waals surface area contributed by atoms with Crippen molar-refractivity contribution < 1.29 is 0 Å². The average Bonchev–Trinajstić information content (AvgIpc) is 2.30. The minimum atomic E-state index is 0.340. The Morgan fingerprint density at radius 2 is 1.59 bits per heavy atom. The summed E-state index contributed by atoms with van der Waals surface area (Å²) < 4.78 is 0. The number of unbranched alkanes of at least 4 members (excludes halogenated alkanes) is 2. The molecular formula is C12H11Cl4N. The van der Waals surface area contributed by atoms with Gasteiger partial charge in [0.25, 0.3) is 0 Å². The van der Waals surface area contributed by atoms with Gasteiger partial charge in [0, 0.05) is 6.42 Å². The Morgan fingerprint density at radius 1 is 1.00 bits per heavy atom. The van der Waals surface area contributed by atoms with Crippen molar-refractivity contribution in [3.8, 4) is 11.8 Å². The van der Waals surface area contributed by atoms with Crippen LogP contribution < -0.4 is 5.73 Å². The van der Waals surface area contributed by atoms with Crippen LogP contribution in [0.3, 0.4) is 0 Å². The number of nitrogens with two attached hydrogens (primary N) is 1. The van der Waals surface area contributed by atoms with Crippen LogP contribution in [-0.4, -0.2) is 6.54 Å². The molecule has 0 amide bonds. The molecule has 0 spiro atoms. The van der Waals surface area contributed by atoms with E-state index < -0.39 is 0 Å². The summed E-state index contributed by atoms with van der Waals surface area (Å²) >= 11 is 23.8. The molecule has 0 aliphatic heterocycles. The lowest BCUT2D eigenvalue weighted by Crippen LogP contribution is -1.96. The molecule has 0 radical (unpaired) electrons. The van der Waals surface area contributed by atoms with Crippen molar-refractivity contribution in [3.05, 3.63) is 31.7 Å². The Hall–Kier alpha value is -0.100. The van der Waals surface area contributed by atoms with E-state index in [-0.39, 0.29) is 0 Å². The molecule has 1 aromatic rings. The first-order chi connectivity index (χ1) is 8.07.